The third-order valence-corrected chi connectivity index (χ3v) is 3.46. The molecular weight excluding hydrogens is 222 g/mol. The van der Waals surface area contributed by atoms with E-state index >= 15 is 0 Å². The van der Waals surface area contributed by atoms with Crippen molar-refractivity contribution in [2.45, 2.75) is 40.2 Å². The minimum Gasteiger partial charge on any atom is -0.341 e. The number of benzene rings is 1. The lowest BCUT2D eigenvalue weighted by Gasteiger charge is -2.13. The molecule has 98 valence electrons. The molecule has 3 heteroatoms. The zero-order valence-corrected chi connectivity index (χ0v) is 11.9. The maximum Gasteiger partial charge on any atom is 0.121 e. The van der Waals surface area contributed by atoms with Crippen molar-refractivity contribution in [3.05, 3.63) is 29.1 Å². The molecule has 18 heavy (non-hydrogen) atoms. The summed E-state index contributed by atoms with van der Waals surface area (Å²) >= 11 is 0. The fraction of sp³-hybridized carbons (Fsp3) is 0.533. The second-order valence-electron chi connectivity index (χ2n) is 5.23. The highest BCUT2D eigenvalue weighted by Gasteiger charge is 2.07. The van der Waals surface area contributed by atoms with Gasteiger partial charge in [0.05, 0.1) is 17.6 Å². The Hall–Kier alpha value is -1.35. The third kappa shape index (κ3) is 2.91. The zero-order chi connectivity index (χ0) is 13.1. The highest BCUT2D eigenvalue weighted by atomic mass is 15.1. The van der Waals surface area contributed by atoms with E-state index in [4.69, 9.17) is 0 Å². The lowest BCUT2D eigenvalue weighted by atomic mass is 10.1. The third-order valence-electron chi connectivity index (χ3n) is 3.46. The van der Waals surface area contributed by atoms with Gasteiger partial charge in [-0.15, -0.1) is 0 Å². The summed E-state index contributed by atoms with van der Waals surface area (Å²) in [5, 5.41) is 0. The average molecular weight is 245 g/mol. The summed E-state index contributed by atoms with van der Waals surface area (Å²) in [6, 6.07) is 4.35. The van der Waals surface area contributed by atoms with Gasteiger partial charge in [-0.1, -0.05) is 13.3 Å². The van der Waals surface area contributed by atoms with Crippen LogP contribution in [0.25, 0.3) is 11.0 Å². The summed E-state index contributed by atoms with van der Waals surface area (Å²) in [7, 11) is 2.15. The number of aryl methyl sites for hydroxylation is 2. The van der Waals surface area contributed by atoms with Gasteiger partial charge in [0.2, 0.25) is 0 Å². The zero-order valence-electron chi connectivity index (χ0n) is 11.9. The molecule has 1 heterocycles. The molecule has 0 aliphatic carbocycles. The quantitative estimate of drug-likeness (QED) is 0.875. The Morgan fingerprint density at radius 2 is 1.94 bits per heavy atom. The molecule has 2 aromatic rings. The van der Waals surface area contributed by atoms with Crippen molar-refractivity contribution in [1.29, 1.82) is 0 Å². The minimum absolute atomic E-state index is 0.896. The van der Waals surface area contributed by atoms with Crippen molar-refractivity contribution < 1.29 is 0 Å². The largest absolute Gasteiger partial charge is 0.341 e. The molecule has 0 amide bonds. The van der Waals surface area contributed by atoms with Crippen molar-refractivity contribution in [1.82, 2.24) is 14.9 Å². The molecule has 0 radical (unpaired) electrons. The monoisotopic (exact) mass is 245 g/mol. The number of rotatable bonds is 5. The molecule has 0 unspecified atom stereocenters. The number of nitrogens with one attached hydrogen (secondary N) is 1. The number of fused-ring (bicyclic) bond motifs is 1. The van der Waals surface area contributed by atoms with Crippen molar-refractivity contribution in [2.24, 2.45) is 0 Å². The number of hydrogen-bond acceptors (Lipinski definition) is 2. The van der Waals surface area contributed by atoms with Crippen LogP contribution in [0.1, 0.15) is 36.7 Å². The fourth-order valence-electron chi connectivity index (χ4n) is 2.16. The summed E-state index contributed by atoms with van der Waals surface area (Å²) in [5.74, 6) is 1.06. The molecule has 1 aromatic carbocycles. The molecule has 0 bridgehead atoms. The summed E-state index contributed by atoms with van der Waals surface area (Å²) in [6.07, 6.45) is 2.48. The van der Waals surface area contributed by atoms with E-state index in [-0.39, 0.29) is 0 Å². The van der Waals surface area contributed by atoms with Crippen LogP contribution in [0, 0.1) is 13.8 Å². The first kappa shape index (κ1) is 13.1. The summed E-state index contributed by atoms with van der Waals surface area (Å²) in [5.41, 5.74) is 4.85. The number of imidazole rings is 1. The topological polar surface area (TPSA) is 31.9 Å². The van der Waals surface area contributed by atoms with Crippen molar-refractivity contribution >= 4 is 11.0 Å². The molecule has 0 saturated carbocycles. The Kier molecular flexibility index (Phi) is 4.02. The lowest BCUT2D eigenvalue weighted by Crippen LogP contribution is -2.19. The van der Waals surface area contributed by atoms with Gasteiger partial charge in [0.1, 0.15) is 5.82 Å². The fourth-order valence-corrected chi connectivity index (χ4v) is 2.16. The van der Waals surface area contributed by atoms with Gasteiger partial charge in [0.15, 0.2) is 0 Å². The van der Waals surface area contributed by atoms with Gasteiger partial charge in [-0.2, -0.15) is 0 Å². The summed E-state index contributed by atoms with van der Waals surface area (Å²) in [4.78, 5) is 10.4. The normalized spacial score (nSPS) is 11.6. The predicted octanol–water partition coefficient (Wildman–Crippen LogP) is 3.41. The molecule has 1 N–H and O–H groups in total. The number of aromatic amines is 1. The highest BCUT2D eigenvalue weighted by Crippen LogP contribution is 2.17. The number of hydrogen-bond donors (Lipinski definition) is 1. The van der Waals surface area contributed by atoms with E-state index in [9.17, 15) is 0 Å². The average Bonchev–Trinajstić information content (AvgIpc) is 2.68. The first-order valence-electron chi connectivity index (χ1n) is 6.74. The number of unbranched alkanes of at least 4 members (excludes halogenated alkanes) is 1. The smallest absolute Gasteiger partial charge is 0.121 e. The Bertz CT molecular complexity index is 489. The first-order valence-corrected chi connectivity index (χ1v) is 6.74. The molecule has 0 aliphatic rings. The van der Waals surface area contributed by atoms with Gasteiger partial charge in [0, 0.05) is 0 Å². The Morgan fingerprint density at radius 1 is 1.22 bits per heavy atom. The van der Waals surface area contributed by atoms with E-state index in [0.717, 1.165) is 29.9 Å². The van der Waals surface area contributed by atoms with E-state index in [2.05, 4.69) is 54.8 Å². The Morgan fingerprint density at radius 3 is 2.67 bits per heavy atom. The van der Waals surface area contributed by atoms with Gasteiger partial charge in [-0.05, 0) is 57.1 Å². The van der Waals surface area contributed by atoms with Crippen LogP contribution in [0.2, 0.25) is 0 Å². The summed E-state index contributed by atoms with van der Waals surface area (Å²) in [6.45, 7) is 8.53. The van der Waals surface area contributed by atoms with E-state index in [1.807, 2.05) is 0 Å². The Balaban J connectivity index is 2.15. The van der Waals surface area contributed by atoms with Crippen LogP contribution >= 0.6 is 0 Å². The minimum atomic E-state index is 0.896. The van der Waals surface area contributed by atoms with Crippen molar-refractivity contribution in [3.8, 4) is 0 Å². The molecule has 1 aromatic heterocycles. The van der Waals surface area contributed by atoms with Crippen LogP contribution in [0.5, 0.6) is 0 Å². The van der Waals surface area contributed by atoms with E-state index < -0.39 is 0 Å². The molecule has 0 spiro atoms. The van der Waals surface area contributed by atoms with Crippen LogP contribution < -0.4 is 0 Å². The standard InChI is InChI=1S/C15H23N3/c1-5-6-7-18(4)10-15-16-13-8-11(2)12(3)9-14(13)17-15/h8-9H,5-7,10H2,1-4H3,(H,16,17). The first-order chi connectivity index (χ1) is 8.60. The number of H-pyrrole nitrogens is 1. The predicted molar refractivity (Wildman–Crippen MR) is 76.8 cm³/mol. The van der Waals surface area contributed by atoms with E-state index in [1.165, 1.54) is 24.0 Å². The van der Waals surface area contributed by atoms with Crippen LogP contribution in [-0.4, -0.2) is 28.5 Å². The maximum absolute atomic E-state index is 4.67. The van der Waals surface area contributed by atoms with E-state index in [0.29, 0.717) is 0 Å². The molecule has 2 rings (SSSR count). The number of nitrogens with zero attached hydrogens (tertiary/aromatic N) is 2. The van der Waals surface area contributed by atoms with Crippen LogP contribution in [-0.2, 0) is 6.54 Å². The maximum atomic E-state index is 4.67. The van der Waals surface area contributed by atoms with Crippen LogP contribution in [0.3, 0.4) is 0 Å². The van der Waals surface area contributed by atoms with Crippen molar-refractivity contribution in [3.63, 3.8) is 0 Å². The van der Waals surface area contributed by atoms with Gasteiger partial charge in [-0.25, -0.2) is 4.98 Å². The van der Waals surface area contributed by atoms with E-state index in [1.54, 1.807) is 0 Å². The van der Waals surface area contributed by atoms with Gasteiger partial charge >= 0.3 is 0 Å². The second kappa shape index (κ2) is 5.53. The SMILES string of the molecule is CCCCN(C)Cc1nc2cc(C)c(C)cc2[nH]1. The highest BCUT2D eigenvalue weighted by molar-refractivity contribution is 5.77. The molecule has 0 saturated heterocycles. The molecule has 0 atom stereocenters. The van der Waals surface area contributed by atoms with Crippen LogP contribution in [0.4, 0.5) is 0 Å². The molecule has 3 nitrogen and oxygen atoms in total. The molecule has 0 fully saturated rings. The summed E-state index contributed by atoms with van der Waals surface area (Å²) < 4.78 is 0. The van der Waals surface area contributed by atoms with Gasteiger partial charge in [0.25, 0.3) is 0 Å². The van der Waals surface area contributed by atoms with Gasteiger partial charge in [-0.3, -0.25) is 4.90 Å². The van der Waals surface area contributed by atoms with Crippen molar-refractivity contribution in [2.75, 3.05) is 13.6 Å². The second-order valence-corrected chi connectivity index (χ2v) is 5.23. The number of aromatic nitrogens is 2. The Labute approximate surface area is 109 Å². The molecular formula is C15H23N3. The molecule has 0 aliphatic heterocycles. The van der Waals surface area contributed by atoms with Gasteiger partial charge < -0.3 is 4.98 Å². The lowest BCUT2D eigenvalue weighted by molar-refractivity contribution is 0.314. The van der Waals surface area contributed by atoms with Crippen LogP contribution in [0.15, 0.2) is 12.1 Å².